The maximum atomic E-state index is 11.3. The summed E-state index contributed by atoms with van der Waals surface area (Å²) in [7, 11) is 0. The average molecular weight is 279 g/mol. The molecule has 0 unspecified atom stereocenters. The molecule has 20 heavy (non-hydrogen) atoms. The first kappa shape index (κ1) is 14.3. The van der Waals surface area contributed by atoms with Gasteiger partial charge in [0.1, 0.15) is 6.61 Å². The quantitative estimate of drug-likeness (QED) is 0.467. The molecule has 7 heteroatoms. The minimum absolute atomic E-state index is 0.118. The van der Waals surface area contributed by atoms with Gasteiger partial charge in [-0.25, -0.2) is 0 Å². The fourth-order valence-electron chi connectivity index (χ4n) is 2.06. The summed E-state index contributed by atoms with van der Waals surface area (Å²) in [6.45, 7) is 3.78. The smallest absolute Gasteiger partial charge is 0.313 e. The van der Waals surface area contributed by atoms with Gasteiger partial charge in [-0.15, -0.1) is 0 Å². The second-order valence-corrected chi connectivity index (χ2v) is 4.48. The molecule has 0 saturated heterocycles. The predicted octanol–water partition coefficient (Wildman–Crippen LogP) is 1.47. The van der Waals surface area contributed by atoms with Gasteiger partial charge in [-0.3, -0.25) is 14.9 Å². The molecule has 2 N–H and O–H groups in total. The number of nitrogens with zero attached hydrogens (tertiary/aromatic N) is 1. The second kappa shape index (κ2) is 6.33. The van der Waals surface area contributed by atoms with Crippen molar-refractivity contribution < 1.29 is 14.5 Å². The normalized spacial score (nSPS) is 13.6. The van der Waals surface area contributed by atoms with E-state index < -0.39 is 4.92 Å². The molecule has 108 valence electrons. The molecule has 1 aliphatic rings. The highest BCUT2D eigenvalue weighted by molar-refractivity contribution is 5.94. The summed E-state index contributed by atoms with van der Waals surface area (Å²) < 4.78 is 5.48. The van der Waals surface area contributed by atoms with Crippen LogP contribution in [0.5, 0.6) is 5.75 Å². The van der Waals surface area contributed by atoms with Crippen molar-refractivity contribution in [2.75, 3.05) is 25.0 Å². The lowest BCUT2D eigenvalue weighted by atomic mass is 10.0. The zero-order valence-corrected chi connectivity index (χ0v) is 11.3. The number of nitro benzene ring substituents is 1. The molecule has 1 heterocycles. The molecule has 1 aromatic rings. The van der Waals surface area contributed by atoms with Crippen molar-refractivity contribution in [3.05, 3.63) is 27.8 Å². The fourth-order valence-corrected chi connectivity index (χ4v) is 2.06. The van der Waals surface area contributed by atoms with Gasteiger partial charge in [0, 0.05) is 19.0 Å². The molecule has 0 bridgehead atoms. The number of carbonyl (C=O) groups is 1. The third-order valence-electron chi connectivity index (χ3n) is 3.06. The number of benzene rings is 1. The van der Waals surface area contributed by atoms with E-state index in [9.17, 15) is 14.9 Å². The first-order chi connectivity index (χ1) is 9.61. The third kappa shape index (κ3) is 3.24. The number of ether oxygens (including phenoxy) is 1. The minimum Gasteiger partial charge on any atom is -0.485 e. The molecular weight excluding hydrogens is 262 g/mol. The molecule has 0 aliphatic carbocycles. The second-order valence-electron chi connectivity index (χ2n) is 4.48. The number of carbonyl (C=O) groups excluding carboxylic acids is 1. The van der Waals surface area contributed by atoms with Crippen molar-refractivity contribution in [2.45, 2.75) is 19.8 Å². The van der Waals surface area contributed by atoms with E-state index in [0.29, 0.717) is 31.7 Å². The number of likely N-dealkylation sites (N-methyl/N-ethyl adjacent to an activating group) is 1. The average Bonchev–Trinajstić information content (AvgIpc) is 2.42. The number of anilines is 1. The zero-order chi connectivity index (χ0) is 14.5. The van der Waals surface area contributed by atoms with Crippen LogP contribution in [0.1, 0.15) is 18.9 Å². The van der Waals surface area contributed by atoms with Gasteiger partial charge in [-0.1, -0.05) is 6.92 Å². The maximum absolute atomic E-state index is 11.3. The van der Waals surface area contributed by atoms with Gasteiger partial charge in [0.2, 0.25) is 5.91 Å². The lowest BCUT2D eigenvalue weighted by Gasteiger charge is -2.18. The van der Waals surface area contributed by atoms with Crippen LogP contribution in [0.2, 0.25) is 0 Å². The molecule has 0 saturated carbocycles. The van der Waals surface area contributed by atoms with Crippen LogP contribution in [-0.2, 0) is 11.2 Å². The number of rotatable bonds is 6. The Kier molecular flexibility index (Phi) is 4.52. The SMILES string of the molecule is CCNCCOc1cc2c(cc1[N+](=O)[O-])NC(=O)CC2. The van der Waals surface area contributed by atoms with Crippen molar-refractivity contribution in [2.24, 2.45) is 0 Å². The van der Waals surface area contributed by atoms with E-state index in [1.807, 2.05) is 6.92 Å². The summed E-state index contributed by atoms with van der Waals surface area (Å²) in [6.07, 6.45) is 0.963. The fraction of sp³-hybridized carbons (Fsp3) is 0.462. The summed E-state index contributed by atoms with van der Waals surface area (Å²) in [5, 5.41) is 16.8. The number of hydrogen-bond acceptors (Lipinski definition) is 5. The molecule has 1 amide bonds. The Hall–Kier alpha value is -2.15. The van der Waals surface area contributed by atoms with Gasteiger partial charge >= 0.3 is 5.69 Å². The molecule has 1 aromatic carbocycles. The summed E-state index contributed by atoms with van der Waals surface area (Å²) >= 11 is 0. The van der Waals surface area contributed by atoms with E-state index in [4.69, 9.17) is 4.74 Å². The Labute approximate surface area is 116 Å². The molecule has 0 fully saturated rings. The number of nitro groups is 1. The van der Waals surface area contributed by atoms with E-state index in [0.717, 1.165) is 12.1 Å². The molecule has 0 atom stereocenters. The van der Waals surface area contributed by atoms with Gasteiger partial charge in [0.05, 0.1) is 10.6 Å². The number of amides is 1. The summed E-state index contributed by atoms with van der Waals surface area (Å²) in [5.41, 5.74) is 1.25. The number of fused-ring (bicyclic) bond motifs is 1. The molecule has 0 aromatic heterocycles. The zero-order valence-electron chi connectivity index (χ0n) is 11.3. The van der Waals surface area contributed by atoms with Crippen molar-refractivity contribution in [3.8, 4) is 5.75 Å². The topological polar surface area (TPSA) is 93.5 Å². The van der Waals surface area contributed by atoms with Crippen molar-refractivity contribution in [3.63, 3.8) is 0 Å². The number of hydrogen-bond donors (Lipinski definition) is 2. The van der Waals surface area contributed by atoms with Gasteiger partial charge < -0.3 is 15.4 Å². The number of nitrogens with one attached hydrogen (secondary N) is 2. The molecule has 0 radical (unpaired) electrons. The summed E-state index contributed by atoms with van der Waals surface area (Å²) in [6, 6.07) is 3.02. The third-order valence-corrected chi connectivity index (χ3v) is 3.06. The van der Waals surface area contributed by atoms with Gasteiger partial charge in [-0.05, 0) is 24.6 Å². The monoisotopic (exact) mass is 279 g/mol. The van der Waals surface area contributed by atoms with Crippen LogP contribution < -0.4 is 15.4 Å². The minimum atomic E-state index is -0.496. The van der Waals surface area contributed by atoms with Crippen LogP contribution in [0, 0.1) is 10.1 Å². The Morgan fingerprint density at radius 2 is 2.25 bits per heavy atom. The van der Waals surface area contributed by atoms with Crippen molar-refractivity contribution in [1.82, 2.24) is 5.32 Å². The van der Waals surface area contributed by atoms with Crippen LogP contribution in [0.3, 0.4) is 0 Å². The van der Waals surface area contributed by atoms with Crippen molar-refractivity contribution >= 4 is 17.3 Å². The predicted molar refractivity (Wildman–Crippen MR) is 74.1 cm³/mol. The Bertz CT molecular complexity index is 531. The summed E-state index contributed by atoms with van der Waals surface area (Å²) in [5.74, 6) is 0.135. The van der Waals surface area contributed by atoms with Crippen LogP contribution in [-0.4, -0.2) is 30.5 Å². The Balaban J connectivity index is 2.21. The van der Waals surface area contributed by atoms with Gasteiger partial charge in [0.25, 0.3) is 0 Å². The highest BCUT2D eigenvalue weighted by Gasteiger charge is 2.23. The lowest BCUT2D eigenvalue weighted by Crippen LogP contribution is -2.21. The van der Waals surface area contributed by atoms with Crippen LogP contribution >= 0.6 is 0 Å². The highest BCUT2D eigenvalue weighted by atomic mass is 16.6. The first-order valence-corrected chi connectivity index (χ1v) is 6.56. The molecule has 2 rings (SSSR count). The van der Waals surface area contributed by atoms with E-state index in [2.05, 4.69) is 10.6 Å². The molecule has 1 aliphatic heterocycles. The van der Waals surface area contributed by atoms with E-state index >= 15 is 0 Å². The Morgan fingerprint density at radius 1 is 1.45 bits per heavy atom. The van der Waals surface area contributed by atoms with E-state index in [1.165, 1.54) is 6.07 Å². The van der Waals surface area contributed by atoms with Crippen LogP contribution in [0.25, 0.3) is 0 Å². The van der Waals surface area contributed by atoms with Crippen LogP contribution in [0.15, 0.2) is 12.1 Å². The Morgan fingerprint density at radius 3 is 2.95 bits per heavy atom. The molecule has 0 spiro atoms. The molecule has 7 nitrogen and oxygen atoms in total. The number of aryl methyl sites for hydroxylation is 1. The van der Waals surface area contributed by atoms with E-state index in [-0.39, 0.29) is 17.3 Å². The summed E-state index contributed by atoms with van der Waals surface area (Å²) in [4.78, 5) is 21.9. The molecular formula is C13H17N3O4. The highest BCUT2D eigenvalue weighted by Crippen LogP contribution is 2.35. The lowest BCUT2D eigenvalue weighted by molar-refractivity contribution is -0.385. The van der Waals surface area contributed by atoms with Crippen LogP contribution in [0.4, 0.5) is 11.4 Å². The van der Waals surface area contributed by atoms with Crippen molar-refractivity contribution in [1.29, 1.82) is 0 Å². The first-order valence-electron chi connectivity index (χ1n) is 6.56. The maximum Gasteiger partial charge on any atom is 0.313 e. The van der Waals surface area contributed by atoms with E-state index in [1.54, 1.807) is 6.07 Å². The van der Waals surface area contributed by atoms with Gasteiger partial charge in [-0.2, -0.15) is 0 Å². The largest absolute Gasteiger partial charge is 0.485 e. The van der Waals surface area contributed by atoms with Gasteiger partial charge in [0.15, 0.2) is 5.75 Å². The standard InChI is InChI=1S/C13H17N3O4/c1-2-14-5-6-20-12-7-9-3-4-13(17)15-10(9)8-11(12)16(18)19/h7-8,14H,2-6H2,1H3,(H,15,17).